The minimum Gasteiger partial charge on any atom is -0.515 e. The zero-order valence-electron chi connectivity index (χ0n) is 3.96. The van der Waals surface area contributed by atoms with Gasteiger partial charge in [0, 0.05) is 5.57 Å². The second-order valence-electron chi connectivity index (χ2n) is 1.45. The van der Waals surface area contributed by atoms with Gasteiger partial charge >= 0.3 is 5.97 Å². The molecule has 8 heavy (non-hydrogen) atoms. The lowest BCUT2D eigenvalue weighted by Crippen LogP contribution is -1.89. The number of carboxylic acid groups (broad SMARTS) is 1. The highest BCUT2D eigenvalue weighted by Crippen LogP contribution is 2.26. The van der Waals surface area contributed by atoms with Crippen molar-refractivity contribution in [3.63, 3.8) is 0 Å². The third-order valence-corrected chi connectivity index (χ3v) is 0.897. The monoisotopic (exact) mass is 112 g/mol. The normalized spacial score (nSPS) is 20.5. The molecule has 0 bridgehead atoms. The molecular weight excluding hydrogens is 108 g/mol. The molecule has 0 radical (unpaired) electrons. The molecule has 0 atom stereocenters. The summed E-state index contributed by atoms with van der Waals surface area (Å²) in [5.41, 5.74) is 0.616. The van der Waals surface area contributed by atoms with E-state index in [1.54, 1.807) is 0 Å². The maximum Gasteiger partial charge on any atom is 0.336 e. The molecule has 1 rings (SSSR count). The molecule has 0 saturated heterocycles. The first kappa shape index (κ1) is 4.90. The van der Waals surface area contributed by atoms with Gasteiger partial charge in [-0.05, 0) is 6.08 Å². The van der Waals surface area contributed by atoms with Crippen LogP contribution >= 0.6 is 0 Å². The molecule has 0 unspecified atom stereocenters. The van der Waals surface area contributed by atoms with Gasteiger partial charge in [-0.15, -0.1) is 0 Å². The number of rotatable bonds is 1. The Hall–Kier alpha value is -1.25. The molecule has 1 aliphatic rings. The average molecular weight is 112 g/mol. The summed E-state index contributed by atoms with van der Waals surface area (Å²) >= 11 is 0. The molecule has 0 spiro atoms. The van der Waals surface area contributed by atoms with E-state index in [9.17, 15) is 4.79 Å². The summed E-state index contributed by atoms with van der Waals surface area (Å²) in [7, 11) is 0. The van der Waals surface area contributed by atoms with Gasteiger partial charge in [-0.2, -0.15) is 0 Å². The van der Waals surface area contributed by atoms with Crippen LogP contribution in [0, 0.1) is 0 Å². The second-order valence-corrected chi connectivity index (χ2v) is 1.45. The van der Waals surface area contributed by atoms with Gasteiger partial charge in [0.1, 0.15) is 0 Å². The summed E-state index contributed by atoms with van der Waals surface area (Å²) in [5, 5.41) is 16.3. The Kier molecular flexibility index (Phi) is 0.836. The lowest BCUT2D eigenvalue weighted by Gasteiger charge is -1.75. The highest BCUT2D eigenvalue weighted by Gasteiger charge is 2.23. The molecule has 0 aromatic rings. The van der Waals surface area contributed by atoms with Crippen molar-refractivity contribution in [2.45, 2.75) is 0 Å². The quantitative estimate of drug-likeness (QED) is 0.484. The largest absolute Gasteiger partial charge is 0.515 e. The van der Waals surface area contributed by atoms with Gasteiger partial charge in [0.15, 0.2) is 0 Å². The van der Waals surface area contributed by atoms with Crippen molar-refractivity contribution in [1.82, 2.24) is 0 Å². The van der Waals surface area contributed by atoms with E-state index in [-0.39, 0.29) is 5.57 Å². The van der Waals surface area contributed by atoms with E-state index < -0.39 is 5.97 Å². The molecule has 1 aliphatic carbocycles. The van der Waals surface area contributed by atoms with Gasteiger partial charge in [-0.25, -0.2) is 4.79 Å². The first-order valence-electron chi connectivity index (χ1n) is 2.05. The van der Waals surface area contributed by atoms with E-state index in [2.05, 4.69) is 0 Å². The Bertz CT molecular complexity index is 188. The molecule has 0 heterocycles. The Balaban J connectivity index is 2.60. The van der Waals surface area contributed by atoms with Crippen LogP contribution < -0.4 is 0 Å². The molecule has 3 heteroatoms. The Morgan fingerprint density at radius 1 is 1.75 bits per heavy atom. The molecule has 2 N–H and O–H groups in total. The van der Waals surface area contributed by atoms with Crippen LogP contribution in [0.5, 0.6) is 0 Å². The summed E-state index contributed by atoms with van der Waals surface area (Å²) in [6.45, 7) is 0. The van der Waals surface area contributed by atoms with Crippen molar-refractivity contribution in [3.05, 3.63) is 23.5 Å². The minimum absolute atomic E-state index is 0.201. The number of hydrogen-bond donors (Lipinski definition) is 2. The number of allylic oxidation sites excluding steroid dienone is 1. The van der Waals surface area contributed by atoms with Crippen LogP contribution in [0.1, 0.15) is 0 Å². The lowest BCUT2D eigenvalue weighted by molar-refractivity contribution is -0.131. The van der Waals surface area contributed by atoms with E-state index in [1.165, 1.54) is 6.08 Å². The molecule has 0 saturated carbocycles. The molecule has 0 aromatic heterocycles. The van der Waals surface area contributed by atoms with Crippen LogP contribution in [0.2, 0.25) is 0 Å². The number of aliphatic carboxylic acids is 1. The van der Waals surface area contributed by atoms with E-state index in [4.69, 9.17) is 10.2 Å². The summed E-state index contributed by atoms with van der Waals surface area (Å²) in [6, 6.07) is 0. The number of hydrogen-bond acceptors (Lipinski definition) is 2. The molecular formula is C5H4O3. The van der Waals surface area contributed by atoms with Crippen molar-refractivity contribution < 1.29 is 15.0 Å². The molecule has 42 valence electrons. The van der Waals surface area contributed by atoms with Crippen molar-refractivity contribution in [2.24, 2.45) is 0 Å². The van der Waals surface area contributed by atoms with Crippen LogP contribution in [0.4, 0.5) is 0 Å². The smallest absolute Gasteiger partial charge is 0.336 e. The third kappa shape index (κ3) is 0.578. The maximum absolute atomic E-state index is 9.91. The first-order valence-corrected chi connectivity index (χ1v) is 2.05. The lowest BCUT2D eigenvalue weighted by atomic mass is 10.4. The van der Waals surface area contributed by atoms with E-state index in [0.717, 1.165) is 6.26 Å². The topological polar surface area (TPSA) is 57.5 Å². The Labute approximate surface area is 45.6 Å². The maximum atomic E-state index is 9.91. The number of carbonyl (C=O) groups is 1. The van der Waals surface area contributed by atoms with Crippen LogP contribution in [0.15, 0.2) is 23.5 Å². The molecule has 0 amide bonds. The van der Waals surface area contributed by atoms with Gasteiger partial charge in [-0.1, -0.05) is 0 Å². The molecule has 0 fully saturated rings. The van der Waals surface area contributed by atoms with Crippen LogP contribution in [-0.2, 0) is 4.79 Å². The zero-order chi connectivity index (χ0) is 6.15. The second kappa shape index (κ2) is 1.36. The molecule has 3 nitrogen and oxygen atoms in total. The fourth-order valence-corrected chi connectivity index (χ4v) is 0.411. The van der Waals surface area contributed by atoms with Gasteiger partial charge < -0.3 is 10.2 Å². The summed E-state index contributed by atoms with van der Waals surface area (Å²) in [4.78, 5) is 9.91. The first-order chi connectivity index (χ1) is 3.75. The molecule has 0 aromatic carbocycles. The third-order valence-electron chi connectivity index (χ3n) is 0.897. The summed E-state index contributed by atoms with van der Waals surface area (Å²) < 4.78 is 0. The zero-order valence-corrected chi connectivity index (χ0v) is 3.96. The van der Waals surface area contributed by atoms with Gasteiger partial charge in [0.25, 0.3) is 0 Å². The van der Waals surface area contributed by atoms with Gasteiger partial charge in [0.2, 0.25) is 0 Å². The highest BCUT2D eigenvalue weighted by molar-refractivity contribution is 6.00. The SMILES string of the molecule is O=C(O)C1=CC/1=C\O. The predicted octanol–water partition coefficient (Wildman–Crippen LogP) is 0.453. The Morgan fingerprint density at radius 2 is 2.38 bits per heavy atom. The van der Waals surface area contributed by atoms with Crippen molar-refractivity contribution >= 4 is 5.97 Å². The van der Waals surface area contributed by atoms with Crippen molar-refractivity contribution in [1.29, 1.82) is 0 Å². The van der Waals surface area contributed by atoms with E-state index in [0.29, 0.717) is 5.57 Å². The fraction of sp³-hybridized carbons (Fsp3) is 0. The average Bonchev–Trinajstić information content (AvgIpc) is 2.42. The minimum atomic E-state index is -0.981. The Morgan fingerprint density at radius 3 is 2.50 bits per heavy atom. The van der Waals surface area contributed by atoms with Crippen LogP contribution in [0.25, 0.3) is 0 Å². The molecule has 0 aliphatic heterocycles. The van der Waals surface area contributed by atoms with E-state index >= 15 is 0 Å². The highest BCUT2D eigenvalue weighted by atomic mass is 16.4. The number of carboxylic acids is 1. The van der Waals surface area contributed by atoms with Gasteiger partial charge in [-0.3, -0.25) is 0 Å². The predicted molar refractivity (Wildman–Crippen MR) is 26.4 cm³/mol. The van der Waals surface area contributed by atoms with Crippen molar-refractivity contribution in [3.8, 4) is 0 Å². The summed E-state index contributed by atoms with van der Waals surface area (Å²) in [5.74, 6) is -0.981. The van der Waals surface area contributed by atoms with E-state index in [1.807, 2.05) is 0 Å². The number of aliphatic hydroxyl groups is 1. The standard InChI is InChI=1S/C5H4O3/c6-2-3-1-4(3)5(7)8/h1-2,6H,(H,7,8)/b3-2+. The number of aliphatic hydroxyl groups excluding tert-OH is 1. The van der Waals surface area contributed by atoms with Crippen LogP contribution in [0.3, 0.4) is 0 Å². The van der Waals surface area contributed by atoms with Crippen molar-refractivity contribution in [2.75, 3.05) is 0 Å². The van der Waals surface area contributed by atoms with Gasteiger partial charge in [0.05, 0.1) is 11.8 Å². The fourth-order valence-electron chi connectivity index (χ4n) is 0.411. The van der Waals surface area contributed by atoms with Crippen LogP contribution in [-0.4, -0.2) is 16.2 Å². The summed E-state index contributed by atoms with van der Waals surface area (Å²) in [6.07, 6.45) is 2.17.